The van der Waals surface area contributed by atoms with Gasteiger partial charge in [0.15, 0.2) is 5.78 Å². The van der Waals surface area contributed by atoms with Gasteiger partial charge in [-0.1, -0.05) is 74.0 Å². The van der Waals surface area contributed by atoms with E-state index in [4.69, 9.17) is 10.1 Å². The highest BCUT2D eigenvalue weighted by molar-refractivity contribution is 5.98. The quantitative estimate of drug-likeness (QED) is 0.106. The van der Waals surface area contributed by atoms with Crippen molar-refractivity contribution < 1.29 is 38.3 Å². The molecule has 0 unspecified atom stereocenters. The van der Waals surface area contributed by atoms with Crippen LogP contribution in [0.5, 0.6) is 0 Å². The Morgan fingerprint density at radius 1 is 0.706 bits per heavy atom. The van der Waals surface area contributed by atoms with E-state index in [-0.39, 0.29) is 57.3 Å². The monoisotopic (exact) mass is 703 g/mol. The summed E-state index contributed by atoms with van der Waals surface area (Å²) < 4.78 is 5.38. The summed E-state index contributed by atoms with van der Waals surface area (Å²) in [5.41, 5.74) is 2.03. The van der Waals surface area contributed by atoms with Crippen LogP contribution in [0, 0.1) is 5.41 Å². The maximum atomic E-state index is 13.9. The Hall–Kier alpha value is -5.20. The average molecular weight is 704 g/mol. The fraction of sp³-hybridized carbons (Fsp3) is 0.474. The third-order valence-corrected chi connectivity index (χ3v) is 8.52. The first-order valence-corrected chi connectivity index (χ1v) is 17.5. The molecule has 0 saturated carbocycles. The number of nitrogens with one attached hydrogen (secondary N) is 5. The molecular formula is C38H49N5O8. The van der Waals surface area contributed by atoms with E-state index in [1.807, 2.05) is 25.1 Å². The molecule has 4 atom stereocenters. The van der Waals surface area contributed by atoms with Crippen molar-refractivity contribution in [3.8, 4) is 0 Å². The average Bonchev–Trinajstić information content (AvgIpc) is 3.12. The number of amides is 4. The second-order valence-electron chi connectivity index (χ2n) is 12.8. The Morgan fingerprint density at radius 2 is 1.29 bits per heavy atom. The molecule has 2 aromatic carbocycles. The molecule has 274 valence electrons. The van der Waals surface area contributed by atoms with Gasteiger partial charge in [0.1, 0.15) is 30.5 Å². The molecule has 1 heterocycles. The number of esters is 1. The summed E-state index contributed by atoms with van der Waals surface area (Å²) in [6.45, 7) is 3.18. The van der Waals surface area contributed by atoms with Gasteiger partial charge in [-0.05, 0) is 50.2 Å². The molecule has 4 amide bonds. The number of carbonyl (C=O) groups excluding carboxylic acids is 7. The van der Waals surface area contributed by atoms with Crippen LogP contribution in [0.4, 0.5) is 0 Å². The number of hydrogen-bond acceptors (Lipinski definition) is 9. The van der Waals surface area contributed by atoms with Gasteiger partial charge in [0, 0.05) is 37.8 Å². The number of benzene rings is 2. The van der Waals surface area contributed by atoms with Gasteiger partial charge in [-0.3, -0.25) is 33.6 Å². The van der Waals surface area contributed by atoms with E-state index in [0.717, 1.165) is 5.56 Å². The lowest BCUT2D eigenvalue weighted by molar-refractivity contribution is -0.145. The van der Waals surface area contributed by atoms with Crippen molar-refractivity contribution in [2.45, 2.75) is 115 Å². The summed E-state index contributed by atoms with van der Waals surface area (Å²) in [6, 6.07) is 13.1. The Morgan fingerprint density at radius 3 is 1.94 bits per heavy atom. The molecule has 1 fully saturated rings. The molecule has 1 aliphatic rings. The zero-order valence-corrected chi connectivity index (χ0v) is 29.3. The summed E-state index contributed by atoms with van der Waals surface area (Å²) in [5.74, 6) is -4.28. The molecule has 0 aliphatic carbocycles. The summed E-state index contributed by atoms with van der Waals surface area (Å²) in [6.07, 6.45) is 1.21. The zero-order valence-electron chi connectivity index (χ0n) is 29.3. The van der Waals surface area contributed by atoms with E-state index < -0.39 is 59.5 Å². The first kappa shape index (κ1) is 40.2. The van der Waals surface area contributed by atoms with Gasteiger partial charge in [-0.25, -0.2) is 0 Å². The first-order chi connectivity index (χ1) is 24.4. The van der Waals surface area contributed by atoms with E-state index in [0.29, 0.717) is 37.0 Å². The Kier molecular flexibility index (Phi) is 16.7. The maximum absolute atomic E-state index is 13.9. The number of rotatable bonds is 15. The second-order valence-corrected chi connectivity index (χ2v) is 12.8. The Bertz CT molecular complexity index is 1530. The SMILES string of the molecule is CCC(=N)CCCC[C@@H]1NC(=O)[C@H](CCC(=O)OCc2ccccc2)NC(=O)[C@@H](Cc2ccccc2)NC(=O)[C@H](CC(C)=O)NC(=O)CCC1=O. The molecule has 13 nitrogen and oxygen atoms in total. The number of ether oxygens (including phenoxy) is 1. The minimum atomic E-state index is -1.30. The van der Waals surface area contributed by atoms with Gasteiger partial charge in [-0.2, -0.15) is 0 Å². The highest BCUT2D eigenvalue weighted by atomic mass is 16.5. The van der Waals surface area contributed by atoms with Crippen LogP contribution in [-0.2, 0) is 51.3 Å². The molecule has 1 aliphatic heterocycles. The van der Waals surface area contributed by atoms with Crippen LogP contribution >= 0.6 is 0 Å². The van der Waals surface area contributed by atoms with Crippen molar-refractivity contribution in [1.29, 1.82) is 5.41 Å². The van der Waals surface area contributed by atoms with E-state index in [2.05, 4.69) is 21.3 Å². The van der Waals surface area contributed by atoms with E-state index in [9.17, 15) is 33.6 Å². The van der Waals surface area contributed by atoms with Gasteiger partial charge in [0.2, 0.25) is 23.6 Å². The highest BCUT2D eigenvalue weighted by Crippen LogP contribution is 2.13. The van der Waals surface area contributed by atoms with Crippen LogP contribution in [-0.4, -0.2) is 71.0 Å². The predicted octanol–water partition coefficient (Wildman–Crippen LogP) is 3.02. The molecule has 51 heavy (non-hydrogen) atoms. The van der Waals surface area contributed by atoms with E-state index in [1.165, 1.54) is 6.92 Å². The van der Waals surface area contributed by atoms with Crippen molar-refractivity contribution >= 4 is 46.9 Å². The van der Waals surface area contributed by atoms with Gasteiger partial charge in [0.25, 0.3) is 0 Å². The summed E-state index contributed by atoms with van der Waals surface area (Å²) >= 11 is 0. The molecule has 1 saturated heterocycles. The molecule has 0 bridgehead atoms. The zero-order chi connectivity index (χ0) is 37.2. The molecule has 0 aromatic heterocycles. The van der Waals surface area contributed by atoms with Gasteiger partial charge in [-0.15, -0.1) is 0 Å². The van der Waals surface area contributed by atoms with Crippen LogP contribution in [0.1, 0.15) is 89.2 Å². The minimum Gasteiger partial charge on any atom is -0.461 e. The van der Waals surface area contributed by atoms with E-state index >= 15 is 0 Å². The molecule has 13 heteroatoms. The van der Waals surface area contributed by atoms with Crippen molar-refractivity contribution in [2.24, 2.45) is 0 Å². The van der Waals surface area contributed by atoms with E-state index in [1.54, 1.807) is 42.5 Å². The lowest BCUT2D eigenvalue weighted by Gasteiger charge is -2.26. The smallest absolute Gasteiger partial charge is 0.306 e. The van der Waals surface area contributed by atoms with Crippen molar-refractivity contribution in [3.05, 3.63) is 71.8 Å². The topological polar surface area (TPSA) is 201 Å². The maximum Gasteiger partial charge on any atom is 0.306 e. The molecule has 2 aromatic rings. The van der Waals surface area contributed by atoms with Crippen molar-refractivity contribution in [3.63, 3.8) is 0 Å². The van der Waals surface area contributed by atoms with Gasteiger partial charge >= 0.3 is 5.97 Å². The van der Waals surface area contributed by atoms with Crippen LogP contribution in [0.2, 0.25) is 0 Å². The lowest BCUT2D eigenvalue weighted by Crippen LogP contribution is -2.58. The van der Waals surface area contributed by atoms with Crippen LogP contribution in [0.25, 0.3) is 0 Å². The second kappa shape index (κ2) is 21.1. The Balaban J connectivity index is 1.91. The lowest BCUT2D eigenvalue weighted by atomic mass is 9.98. The predicted molar refractivity (Wildman–Crippen MR) is 189 cm³/mol. The molecular weight excluding hydrogens is 654 g/mol. The summed E-state index contributed by atoms with van der Waals surface area (Å²) in [5, 5.41) is 18.5. The van der Waals surface area contributed by atoms with Crippen LogP contribution in [0.3, 0.4) is 0 Å². The molecule has 0 spiro atoms. The summed E-state index contributed by atoms with van der Waals surface area (Å²) in [7, 11) is 0. The number of unbranched alkanes of at least 4 members (excludes halogenated alkanes) is 1. The standard InChI is InChI=1S/C38H49N5O8/c1-3-28(39)16-10-11-17-29-33(45)19-20-34(46)40-31(22-25(2)44)37(49)43-32(23-26-12-6-4-7-13-26)38(50)42-30(36(48)41-29)18-21-35(47)51-24-27-14-8-5-9-15-27/h4-9,12-15,29-32,39H,3,10-11,16-24H2,1-2H3,(H,40,46)(H,41,48)(H,42,50)(H,43,49)/t29-,30-,31-,32+/m0/s1. The minimum absolute atomic E-state index is 0.0144. The largest absolute Gasteiger partial charge is 0.461 e. The van der Waals surface area contributed by atoms with Crippen molar-refractivity contribution in [1.82, 2.24) is 21.3 Å². The fourth-order valence-electron chi connectivity index (χ4n) is 5.57. The normalized spacial score (nSPS) is 20.5. The van der Waals surface area contributed by atoms with Gasteiger partial charge < -0.3 is 31.4 Å². The first-order valence-electron chi connectivity index (χ1n) is 17.5. The molecule has 5 N–H and O–H groups in total. The van der Waals surface area contributed by atoms with Crippen molar-refractivity contribution in [2.75, 3.05) is 0 Å². The third kappa shape index (κ3) is 14.7. The Labute approximate surface area is 298 Å². The van der Waals surface area contributed by atoms with Crippen LogP contribution < -0.4 is 21.3 Å². The molecule has 0 radical (unpaired) electrons. The van der Waals surface area contributed by atoms with Crippen LogP contribution in [0.15, 0.2) is 60.7 Å². The third-order valence-electron chi connectivity index (χ3n) is 8.52. The molecule has 3 rings (SSSR count). The van der Waals surface area contributed by atoms with Gasteiger partial charge in [0.05, 0.1) is 6.04 Å². The number of Topliss-reactive ketones (excluding diaryl/α,β-unsaturated/α-hetero) is 2. The summed E-state index contributed by atoms with van der Waals surface area (Å²) in [4.78, 5) is 92.4. The number of carbonyl (C=O) groups is 7. The fourth-order valence-corrected chi connectivity index (χ4v) is 5.57. The number of ketones is 2. The highest BCUT2D eigenvalue weighted by Gasteiger charge is 2.33. The number of hydrogen-bond donors (Lipinski definition) is 5.